The van der Waals surface area contributed by atoms with Crippen LogP contribution in [-0.4, -0.2) is 0 Å². The van der Waals surface area contributed by atoms with Crippen LogP contribution in [-0.2, 0) is 0 Å². The Bertz CT molecular complexity index is 946. The number of hydrogen-bond donors (Lipinski definition) is 0. The standard InChI is InChI=1S/C19H13BrO/c1-12-8-14(10-15(20)9-12)13-6-7-19-17(11-13)16-4-2-3-5-18(16)21-19/h2-11H,1H3. The largest absolute Gasteiger partial charge is 0.456 e. The van der Waals surface area contributed by atoms with Crippen LogP contribution in [0.25, 0.3) is 33.1 Å². The van der Waals surface area contributed by atoms with Gasteiger partial charge in [0.05, 0.1) is 0 Å². The van der Waals surface area contributed by atoms with Crippen molar-refractivity contribution in [3.05, 3.63) is 70.7 Å². The third-order valence-corrected chi connectivity index (χ3v) is 4.21. The van der Waals surface area contributed by atoms with Gasteiger partial charge in [-0.1, -0.05) is 46.3 Å². The van der Waals surface area contributed by atoms with Crippen LogP contribution in [0.4, 0.5) is 0 Å². The number of rotatable bonds is 1. The maximum Gasteiger partial charge on any atom is 0.135 e. The van der Waals surface area contributed by atoms with Gasteiger partial charge in [0, 0.05) is 15.2 Å². The van der Waals surface area contributed by atoms with Gasteiger partial charge in [-0.2, -0.15) is 0 Å². The topological polar surface area (TPSA) is 13.1 Å². The second kappa shape index (κ2) is 4.74. The molecule has 0 unspecified atom stereocenters. The molecule has 21 heavy (non-hydrogen) atoms. The Kier molecular flexibility index (Phi) is 2.86. The van der Waals surface area contributed by atoms with E-state index in [4.69, 9.17) is 4.42 Å². The molecule has 0 bridgehead atoms. The second-order valence-corrected chi connectivity index (χ2v) is 6.24. The Morgan fingerprint density at radius 1 is 0.762 bits per heavy atom. The molecule has 0 atom stereocenters. The molecule has 0 N–H and O–H groups in total. The maximum absolute atomic E-state index is 5.88. The highest BCUT2D eigenvalue weighted by molar-refractivity contribution is 9.10. The number of fused-ring (bicyclic) bond motifs is 3. The molecule has 2 heteroatoms. The van der Waals surface area contributed by atoms with Crippen molar-refractivity contribution in [1.29, 1.82) is 0 Å². The summed E-state index contributed by atoms with van der Waals surface area (Å²) >= 11 is 3.57. The molecule has 1 heterocycles. The summed E-state index contributed by atoms with van der Waals surface area (Å²) in [5.41, 5.74) is 5.55. The first-order valence-corrected chi connectivity index (χ1v) is 7.69. The van der Waals surface area contributed by atoms with E-state index < -0.39 is 0 Å². The smallest absolute Gasteiger partial charge is 0.135 e. The zero-order chi connectivity index (χ0) is 14.4. The van der Waals surface area contributed by atoms with Crippen molar-refractivity contribution in [1.82, 2.24) is 0 Å². The van der Waals surface area contributed by atoms with E-state index in [0.717, 1.165) is 15.6 Å². The van der Waals surface area contributed by atoms with E-state index in [1.807, 2.05) is 18.2 Å². The van der Waals surface area contributed by atoms with Gasteiger partial charge >= 0.3 is 0 Å². The Balaban J connectivity index is 1.99. The molecule has 0 saturated heterocycles. The summed E-state index contributed by atoms with van der Waals surface area (Å²) in [6.07, 6.45) is 0. The predicted octanol–water partition coefficient (Wildman–Crippen LogP) is 6.32. The number of aryl methyl sites for hydroxylation is 1. The number of furan rings is 1. The first-order valence-electron chi connectivity index (χ1n) is 6.89. The van der Waals surface area contributed by atoms with Crippen molar-refractivity contribution in [2.24, 2.45) is 0 Å². The molecule has 1 nitrogen and oxygen atoms in total. The van der Waals surface area contributed by atoms with Gasteiger partial charge in [-0.25, -0.2) is 0 Å². The molecule has 0 aliphatic heterocycles. The fourth-order valence-corrected chi connectivity index (χ4v) is 3.42. The lowest BCUT2D eigenvalue weighted by Crippen LogP contribution is -1.80. The van der Waals surface area contributed by atoms with Crippen LogP contribution in [0.2, 0.25) is 0 Å². The summed E-state index contributed by atoms with van der Waals surface area (Å²) in [4.78, 5) is 0. The SMILES string of the molecule is Cc1cc(Br)cc(-c2ccc3oc4ccccc4c3c2)c1. The zero-order valence-electron chi connectivity index (χ0n) is 11.6. The molecule has 1 aromatic heterocycles. The van der Waals surface area contributed by atoms with Crippen LogP contribution in [0.15, 0.2) is 69.6 Å². The van der Waals surface area contributed by atoms with Gasteiger partial charge in [-0.15, -0.1) is 0 Å². The monoisotopic (exact) mass is 336 g/mol. The quantitative estimate of drug-likeness (QED) is 0.396. The zero-order valence-corrected chi connectivity index (χ0v) is 13.1. The number of para-hydroxylation sites is 1. The van der Waals surface area contributed by atoms with Gasteiger partial charge in [0.2, 0.25) is 0 Å². The molecule has 0 fully saturated rings. The molecular formula is C19H13BrO. The van der Waals surface area contributed by atoms with Gasteiger partial charge in [0.1, 0.15) is 11.2 Å². The lowest BCUT2D eigenvalue weighted by molar-refractivity contribution is 0.669. The third-order valence-electron chi connectivity index (χ3n) is 3.75. The van der Waals surface area contributed by atoms with Crippen LogP contribution in [0, 0.1) is 6.92 Å². The van der Waals surface area contributed by atoms with Gasteiger partial charge in [0.25, 0.3) is 0 Å². The molecule has 3 aromatic carbocycles. The van der Waals surface area contributed by atoms with Gasteiger partial charge < -0.3 is 4.42 Å². The van der Waals surface area contributed by atoms with Crippen LogP contribution in [0.1, 0.15) is 5.56 Å². The van der Waals surface area contributed by atoms with E-state index in [0.29, 0.717) is 0 Å². The molecule has 0 aliphatic carbocycles. The van der Waals surface area contributed by atoms with Gasteiger partial charge in [-0.05, 0) is 53.9 Å². The lowest BCUT2D eigenvalue weighted by atomic mass is 10.0. The van der Waals surface area contributed by atoms with E-state index in [-0.39, 0.29) is 0 Å². The summed E-state index contributed by atoms with van der Waals surface area (Å²) in [5.74, 6) is 0. The molecule has 0 radical (unpaired) electrons. The summed E-state index contributed by atoms with van der Waals surface area (Å²) in [7, 11) is 0. The van der Waals surface area contributed by atoms with Crippen LogP contribution >= 0.6 is 15.9 Å². The van der Waals surface area contributed by atoms with Crippen molar-refractivity contribution in [2.75, 3.05) is 0 Å². The molecule has 0 aliphatic rings. The Morgan fingerprint density at radius 2 is 1.57 bits per heavy atom. The van der Waals surface area contributed by atoms with Gasteiger partial charge in [-0.3, -0.25) is 0 Å². The first kappa shape index (κ1) is 12.7. The highest BCUT2D eigenvalue weighted by atomic mass is 79.9. The average molecular weight is 337 g/mol. The molecule has 0 spiro atoms. The summed E-state index contributed by atoms with van der Waals surface area (Å²) in [5, 5.41) is 2.33. The van der Waals surface area contributed by atoms with Crippen molar-refractivity contribution in [3.63, 3.8) is 0 Å². The molecule has 102 valence electrons. The van der Waals surface area contributed by atoms with E-state index >= 15 is 0 Å². The lowest BCUT2D eigenvalue weighted by Gasteiger charge is -2.04. The molecule has 0 amide bonds. The molecule has 4 aromatic rings. The number of hydrogen-bond acceptors (Lipinski definition) is 1. The van der Waals surface area contributed by atoms with E-state index in [1.165, 1.54) is 27.5 Å². The minimum Gasteiger partial charge on any atom is -0.456 e. The van der Waals surface area contributed by atoms with Crippen molar-refractivity contribution < 1.29 is 4.42 Å². The Hall–Kier alpha value is -2.06. The van der Waals surface area contributed by atoms with Crippen LogP contribution in [0.3, 0.4) is 0 Å². The minimum absolute atomic E-state index is 0.937. The fraction of sp³-hybridized carbons (Fsp3) is 0.0526. The van der Waals surface area contributed by atoms with Gasteiger partial charge in [0.15, 0.2) is 0 Å². The first-order chi connectivity index (χ1) is 10.2. The highest BCUT2D eigenvalue weighted by Gasteiger charge is 2.08. The van der Waals surface area contributed by atoms with E-state index in [2.05, 4.69) is 65.3 Å². The summed E-state index contributed by atoms with van der Waals surface area (Å²) < 4.78 is 6.99. The van der Waals surface area contributed by atoms with Crippen LogP contribution < -0.4 is 0 Å². The molecular weight excluding hydrogens is 324 g/mol. The maximum atomic E-state index is 5.88. The number of halogens is 1. The fourth-order valence-electron chi connectivity index (χ4n) is 2.81. The van der Waals surface area contributed by atoms with Crippen molar-refractivity contribution >= 4 is 37.9 Å². The summed E-state index contributed by atoms with van der Waals surface area (Å²) in [6, 6.07) is 21.0. The predicted molar refractivity (Wildman–Crippen MR) is 91.6 cm³/mol. The second-order valence-electron chi connectivity index (χ2n) is 5.33. The van der Waals surface area contributed by atoms with Crippen molar-refractivity contribution in [2.45, 2.75) is 6.92 Å². The Labute approximate surface area is 131 Å². The highest BCUT2D eigenvalue weighted by Crippen LogP contribution is 2.33. The van der Waals surface area contributed by atoms with E-state index in [9.17, 15) is 0 Å². The number of benzene rings is 3. The minimum atomic E-state index is 0.937. The average Bonchev–Trinajstić information content (AvgIpc) is 2.84. The third kappa shape index (κ3) is 2.16. The van der Waals surface area contributed by atoms with Crippen LogP contribution in [0.5, 0.6) is 0 Å². The van der Waals surface area contributed by atoms with E-state index in [1.54, 1.807) is 0 Å². The van der Waals surface area contributed by atoms with Crippen molar-refractivity contribution in [3.8, 4) is 11.1 Å². The summed E-state index contributed by atoms with van der Waals surface area (Å²) in [6.45, 7) is 2.11. The Morgan fingerprint density at radius 3 is 2.43 bits per heavy atom. The molecule has 0 saturated carbocycles. The molecule has 4 rings (SSSR count). The normalized spacial score (nSPS) is 11.3.